The minimum absolute atomic E-state index is 0.0565. The van der Waals surface area contributed by atoms with Crippen LogP contribution in [0, 0.1) is 29.5 Å². The topological polar surface area (TPSA) is 71.5 Å². The molecule has 4 aliphatic rings. The molecule has 4 atom stereocenters. The van der Waals surface area contributed by atoms with Gasteiger partial charge in [-0.3, -0.25) is 24.1 Å². The monoisotopic (exact) mass is 301 g/mol. The molecule has 22 heavy (non-hydrogen) atoms. The van der Waals surface area contributed by atoms with E-state index in [0.717, 1.165) is 4.90 Å². The first-order chi connectivity index (χ1) is 10.5. The van der Waals surface area contributed by atoms with Crippen LogP contribution in [0.5, 0.6) is 0 Å². The lowest BCUT2D eigenvalue weighted by Gasteiger charge is -2.40. The van der Waals surface area contributed by atoms with Crippen LogP contribution in [0.15, 0.2) is 24.3 Å². The van der Waals surface area contributed by atoms with Gasteiger partial charge in [0.05, 0.1) is 17.5 Å². The number of anilines is 1. The van der Waals surface area contributed by atoms with Crippen molar-refractivity contribution in [2.24, 2.45) is 23.7 Å². The highest BCUT2D eigenvalue weighted by Gasteiger charge is 2.63. The molecule has 1 saturated heterocycles. The van der Waals surface area contributed by atoms with Gasteiger partial charge in [-0.05, 0) is 24.3 Å². The number of rotatable bonds is 1. The van der Waals surface area contributed by atoms with Crippen LogP contribution in [0.25, 0.3) is 0 Å². The minimum atomic E-state index is -0.735. The first-order valence-electron chi connectivity index (χ1n) is 7.18. The van der Waals surface area contributed by atoms with Crippen LogP contribution in [0.4, 0.5) is 10.1 Å². The highest BCUT2D eigenvalue weighted by molar-refractivity contribution is 6.25. The number of halogens is 1. The molecule has 1 heterocycles. The summed E-state index contributed by atoms with van der Waals surface area (Å²) in [5.41, 5.74) is 0.282. The van der Waals surface area contributed by atoms with Gasteiger partial charge >= 0.3 is 0 Å². The van der Waals surface area contributed by atoms with E-state index in [9.17, 15) is 23.6 Å². The second-order valence-electron chi connectivity index (χ2n) is 6.09. The Balaban J connectivity index is 1.78. The summed E-state index contributed by atoms with van der Waals surface area (Å²) in [7, 11) is 0. The molecule has 5 nitrogen and oxygen atoms in total. The number of carbonyl (C=O) groups is 4. The molecule has 0 spiro atoms. The van der Waals surface area contributed by atoms with Crippen molar-refractivity contribution in [3.8, 4) is 0 Å². The number of benzene rings is 1. The van der Waals surface area contributed by atoms with Crippen molar-refractivity contribution in [3.63, 3.8) is 0 Å². The Morgan fingerprint density at radius 1 is 0.818 bits per heavy atom. The molecule has 0 aromatic heterocycles. The van der Waals surface area contributed by atoms with Gasteiger partial charge in [0.1, 0.15) is 17.4 Å². The van der Waals surface area contributed by atoms with E-state index < -0.39 is 41.3 Å². The molecule has 3 saturated carbocycles. The first kappa shape index (κ1) is 13.3. The summed E-state index contributed by atoms with van der Waals surface area (Å²) in [5.74, 6) is -4.39. The smallest absolute Gasteiger partial charge is 0.238 e. The molecule has 6 heteroatoms. The number of nitrogens with zero attached hydrogens (tertiary/aromatic N) is 1. The molecular weight excluding hydrogens is 289 g/mol. The Morgan fingerprint density at radius 3 is 1.73 bits per heavy atom. The number of imide groups is 1. The zero-order valence-electron chi connectivity index (χ0n) is 11.5. The number of hydrogen-bond acceptors (Lipinski definition) is 4. The normalized spacial score (nSPS) is 33.6. The number of hydrogen-bond donors (Lipinski definition) is 0. The highest BCUT2D eigenvalue weighted by Crippen LogP contribution is 2.50. The van der Waals surface area contributed by atoms with Gasteiger partial charge in [-0.2, -0.15) is 0 Å². The molecule has 112 valence electrons. The van der Waals surface area contributed by atoms with Gasteiger partial charge in [0.15, 0.2) is 0 Å². The molecule has 0 N–H and O–H groups in total. The van der Waals surface area contributed by atoms with E-state index in [4.69, 9.17) is 0 Å². The Labute approximate surface area is 125 Å². The quantitative estimate of drug-likeness (QED) is 0.728. The Hall–Kier alpha value is -2.37. The van der Waals surface area contributed by atoms with Gasteiger partial charge in [0, 0.05) is 24.7 Å². The van der Waals surface area contributed by atoms with Crippen LogP contribution in [0.2, 0.25) is 0 Å². The van der Waals surface area contributed by atoms with E-state index in [-0.39, 0.29) is 30.1 Å². The average Bonchev–Trinajstić information content (AvgIpc) is 2.75. The van der Waals surface area contributed by atoms with E-state index in [2.05, 4.69) is 0 Å². The third-order valence-corrected chi connectivity index (χ3v) is 5.02. The zero-order chi connectivity index (χ0) is 15.6. The van der Waals surface area contributed by atoms with Gasteiger partial charge < -0.3 is 0 Å². The average molecular weight is 301 g/mol. The fourth-order valence-electron chi connectivity index (χ4n) is 4.02. The van der Waals surface area contributed by atoms with Crippen molar-refractivity contribution in [1.82, 2.24) is 0 Å². The minimum Gasteiger partial charge on any atom is -0.299 e. The predicted molar refractivity (Wildman–Crippen MR) is 72.1 cm³/mol. The van der Waals surface area contributed by atoms with E-state index in [1.165, 1.54) is 24.3 Å². The Kier molecular flexibility index (Phi) is 2.61. The Morgan fingerprint density at radius 2 is 1.27 bits per heavy atom. The molecule has 1 aromatic rings. The highest BCUT2D eigenvalue weighted by atomic mass is 19.1. The van der Waals surface area contributed by atoms with E-state index in [1.54, 1.807) is 0 Å². The molecule has 0 unspecified atom stereocenters. The van der Waals surface area contributed by atoms with Crippen LogP contribution in [0.1, 0.15) is 12.8 Å². The number of carbonyl (C=O) groups excluding carboxylic acids is 4. The lowest BCUT2D eigenvalue weighted by molar-refractivity contribution is -0.153. The molecule has 1 aromatic carbocycles. The lowest BCUT2D eigenvalue weighted by atomic mass is 9.58. The molecule has 3 aliphatic carbocycles. The molecule has 0 radical (unpaired) electrons. The molecule has 4 fully saturated rings. The summed E-state index contributed by atoms with van der Waals surface area (Å²) in [4.78, 5) is 50.3. The summed E-state index contributed by atoms with van der Waals surface area (Å²) < 4.78 is 13.0. The Bertz CT molecular complexity index is 686. The molecule has 2 bridgehead atoms. The molecule has 5 rings (SSSR count). The van der Waals surface area contributed by atoms with Gasteiger partial charge in [-0.1, -0.05) is 0 Å². The van der Waals surface area contributed by atoms with E-state index in [1.807, 2.05) is 0 Å². The largest absolute Gasteiger partial charge is 0.299 e. The van der Waals surface area contributed by atoms with Crippen molar-refractivity contribution >= 4 is 29.1 Å². The van der Waals surface area contributed by atoms with Crippen LogP contribution in [-0.2, 0) is 19.2 Å². The molecular formula is C16H12FNO4. The summed E-state index contributed by atoms with van der Waals surface area (Å²) in [6, 6.07) is 5.05. The van der Waals surface area contributed by atoms with Crippen LogP contribution < -0.4 is 4.90 Å². The fraction of sp³-hybridized carbons (Fsp3) is 0.375. The second-order valence-corrected chi connectivity index (χ2v) is 6.09. The van der Waals surface area contributed by atoms with Crippen molar-refractivity contribution in [1.29, 1.82) is 0 Å². The number of amides is 2. The summed E-state index contributed by atoms with van der Waals surface area (Å²) in [6.45, 7) is 0. The predicted octanol–water partition coefficient (Wildman–Crippen LogP) is 1.11. The molecule has 2 amide bonds. The maximum atomic E-state index is 13.0. The first-order valence-corrected chi connectivity index (χ1v) is 7.18. The maximum absolute atomic E-state index is 13.0. The zero-order valence-corrected chi connectivity index (χ0v) is 11.5. The summed E-state index contributed by atoms with van der Waals surface area (Å²) in [5, 5.41) is 0. The van der Waals surface area contributed by atoms with Crippen LogP contribution in [0.3, 0.4) is 0 Å². The second kappa shape index (κ2) is 4.32. The SMILES string of the molecule is O=C1C[C@H]2C(=O)C[C@@H]1[C@@H]1C(=O)N(c3ccc(F)cc3)C(=O)[C@H]12. The summed E-state index contributed by atoms with van der Waals surface area (Å²) in [6.07, 6.45) is 0.113. The van der Waals surface area contributed by atoms with Gasteiger partial charge in [0.25, 0.3) is 0 Å². The van der Waals surface area contributed by atoms with Crippen molar-refractivity contribution in [3.05, 3.63) is 30.1 Å². The van der Waals surface area contributed by atoms with Gasteiger partial charge in [-0.25, -0.2) is 4.39 Å². The fourth-order valence-corrected chi connectivity index (χ4v) is 4.02. The lowest BCUT2D eigenvalue weighted by Crippen LogP contribution is -2.51. The van der Waals surface area contributed by atoms with E-state index >= 15 is 0 Å². The third kappa shape index (κ3) is 1.58. The van der Waals surface area contributed by atoms with Gasteiger partial charge in [-0.15, -0.1) is 0 Å². The van der Waals surface area contributed by atoms with Crippen LogP contribution in [-0.4, -0.2) is 23.4 Å². The van der Waals surface area contributed by atoms with Crippen molar-refractivity contribution < 1.29 is 23.6 Å². The van der Waals surface area contributed by atoms with Crippen LogP contribution >= 0.6 is 0 Å². The number of fused-ring (bicyclic) bond motifs is 2. The maximum Gasteiger partial charge on any atom is 0.238 e. The number of Topliss-reactive ketones (excluding diaryl/α,β-unsaturated/α-hetero) is 2. The summed E-state index contributed by atoms with van der Waals surface area (Å²) >= 11 is 0. The van der Waals surface area contributed by atoms with Crippen molar-refractivity contribution in [2.45, 2.75) is 12.8 Å². The van der Waals surface area contributed by atoms with Crippen molar-refractivity contribution in [2.75, 3.05) is 4.90 Å². The molecule has 1 aliphatic heterocycles. The number of ketones is 2. The third-order valence-electron chi connectivity index (χ3n) is 5.02. The van der Waals surface area contributed by atoms with Gasteiger partial charge in [0.2, 0.25) is 11.8 Å². The van der Waals surface area contributed by atoms with E-state index in [0.29, 0.717) is 0 Å². The standard InChI is InChI=1S/C16H12FNO4/c17-7-1-3-8(4-2-7)18-15(21)13-9-5-11(19)10(6-12(9)20)14(13)16(18)22/h1-4,9-10,13-14H,5-6H2/t9-,10-,13-,14-/m0/s1.